The first kappa shape index (κ1) is 9.05. The summed E-state index contributed by atoms with van der Waals surface area (Å²) in [6, 6.07) is 0. The van der Waals surface area contributed by atoms with Gasteiger partial charge in [0.25, 0.3) is 0 Å². The van der Waals surface area contributed by atoms with Crippen molar-refractivity contribution >= 4 is 0 Å². The van der Waals surface area contributed by atoms with E-state index in [-0.39, 0.29) is 6.10 Å². The van der Waals surface area contributed by atoms with Crippen LogP contribution in [0.5, 0.6) is 0 Å². The van der Waals surface area contributed by atoms with Crippen LogP contribution in [0.25, 0.3) is 0 Å². The highest BCUT2D eigenvalue weighted by atomic mass is 16.3. The van der Waals surface area contributed by atoms with E-state index in [9.17, 15) is 5.11 Å². The van der Waals surface area contributed by atoms with Gasteiger partial charge < -0.3 is 5.11 Å². The van der Waals surface area contributed by atoms with Crippen molar-refractivity contribution in [2.45, 2.75) is 40.2 Å². The molecule has 0 spiro atoms. The molecule has 11 heavy (non-hydrogen) atoms. The number of aliphatic hydroxyl groups excluding tert-OH is 1. The lowest BCUT2D eigenvalue weighted by molar-refractivity contribution is 0.234. The summed E-state index contributed by atoms with van der Waals surface area (Å²) in [5, 5.41) is 9.51. The van der Waals surface area contributed by atoms with Crippen LogP contribution < -0.4 is 0 Å². The van der Waals surface area contributed by atoms with Crippen molar-refractivity contribution in [3.63, 3.8) is 0 Å². The van der Waals surface area contributed by atoms with E-state index in [1.54, 1.807) is 0 Å². The van der Waals surface area contributed by atoms with Crippen molar-refractivity contribution in [2.75, 3.05) is 0 Å². The van der Waals surface area contributed by atoms with Crippen LogP contribution in [0.1, 0.15) is 34.1 Å². The van der Waals surface area contributed by atoms with E-state index < -0.39 is 0 Å². The molecule has 0 saturated heterocycles. The Balaban J connectivity index is 2.30. The molecule has 0 aromatic rings. The molecule has 66 valence electrons. The van der Waals surface area contributed by atoms with Crippen molar-refractivity contribution in [3.8, 4) is 0 Å². The molecule has 0 radical (unpaired) electrons. The molecule has 1 saturated carbocycles. The lowest BCUT2D eigenvalue weighted by Gasteiger charge is -2.03. The van der Waals surface area contributed by atoms with Crippen LogP contribution in [0.15, 0.2) is 0 Å². The van der Waals surface area contributed by atoms with E-state index in [0.29, 0.717) is 17.8 Å². The Morgan fingerprint density at radius 2 is 1.73 bits per heavy atom. The summed E-state index contributed by atoms with van der Waals surface area (Å²) in [6.07, 6.45) is 1.21. The monoisotopic (exact) mass is 156 g/mol. The summed E-state index contributed by atoms with van der Waals surface area (Å²) in [6.45, 7) is 8.85. The van der Waals surface area contributed by atoms with E-state index in [1.807, 2.05) is 0 Å². The third-order valence-electron chi connectivity index (χ3n) is 2.70. The Bertz CT molecular complexity index is 129. The second kappa shape index (κ2) is 3.14. The van der Waals surface area contributed by atoms with Gasteiger partial charge in [-0.3, -0.25) is 0 Å². The van der Waals surface area contributed by atoms with Gasteiger partial charge in [0.05, 0.1) is 6.10 Å². The lowest BCUT2D eigenvalue weighted by atomic mass is 10.0. The molecular weight excluding hydrogens is 136 g/mol. The Labute approximate surface area is 69.8 Å². The number of aliphatic hydroxyl groups is 1. The van der Waals surface area contributed by atoms with Crippen LogP contribution in [0.2, 0.25) is 0 Å². The van der Waals surface area contributed by atoms with Crippen LogP contribution in [0, 0.1) is 23.7 Å². The molecule has 0 amide bonds. The molecule has 1 nitrogen and oxygen atoms in total. The van der Waals surface area contributed by atoms with Gasteiger partial charge in [-0.25, -0.2) is 0 Å². The van der Waals surface area contributed by atoms with Gasteiger partial charge in [-0.05, 0) is 30.1 Å². The summed E-state index contributed by atoms with van der Waals surface area (Å²) in [5.74, 6) is 2.60. The molecule has 1 heteroatoms. The number of hydrogen-bond acceptors (Lipinski definition) is 1. The smallest absolute Gasteiger partial charge is 0.0606 e. The molecule has 3 atom stereocenters. The molecule has 0 aliphatic heterocycles. The van der Waals surface area contributed by atoms with Gasteiger partial charge in [0, 0.05) is 0 Å². The lowest BCUT2D eigenvalue weighted by Crippen LogP contribution is -1.96. The quantitative estimate of drug-likeness (QED) is 0.664. The second-order valence-electron chi connectivity index (χ2n) is 4.61. The third-order valence-corrected chi connectivity index (χ3v) is 2.70. The second-order valence-corrected chi connectivity index (χ2v) is 4.61. The largest absolute Gasteiger partial charge is 0.393 e. The van der Waals surface area contributed by atoms with E-state index in [4.69, 9.17) is 0 Å². The predicted octanol–water partition coefficient (Wildman–Crippen LogP) is 2.30. The minimum atomic E-state index is 0.0115. The number of hydrogen-bond donors (Lipinski definition) is 1. The molecular formula is C10H20O. The fraction of sp³-hybridized carbons (Fsp3) is 1.00. The Morgan fingerprint density at radius 3 is 2.00 bits per heavy atom. The van der Waals surface area contributed by atoms with Gasteiger partial charge in [0.2, 0.25) is 0 Å². The Hall–Kier alpha value is -0.0400. The Kier molecular flexibility index (Phi) is 2.58. The maximum absolute atomic E-state index is 9.51. The summed E-state index contributed by atoms with van der Waals surface area (Å²) in [7, 11) is 0. The maximum Gasteiger partial charge on any atom is 0.0606 e. The third kappa shape index (κ3) is 1.96. The van der Waals surface area contributed by atoms with Crippen molar-refractivity contribution in [3.05, 3.63) is 0 Å². The number of rotatable bonds is 3. The highest BCUT2D eigenvalue weighted by Gasteiger charge is 2.50. The molecule has 0 bridgehead atoms. The summed E-state index contributed by atoms with van der Waals surface area (Å²) < 4.78 is 0. The molecule has 1 aliphatic carbocycles. The van der Waals surface area contributed by atoms with E-state index in [0.717, 1.165) is 5.92 Å². The van der Waals surface area contributed by atoms with Crippen molar-refractivity contribution in [1.29, 1.82) is 0 Å². The minimum Gasteiger partial charge on any atom is -0.393 e. The normalized spacial score (nSPS) is 36.8. The summed E-state index contributed by atoms with van der Waals surface area (Å²) >= 11 is 0. The van der Waals surface area contributed by atoms with Gasteiger partial charge in [-0.2, -0.15) is 0 Å². The molecule has 0 aromatic heterocycles. The zero-order valence-corrected chi connectivity index (χ0v) is 8.04. The van der Waals surface area contributed by atoms with Gasteiger partial charge in [0.1, 0.15) is 0 Å². The van der Waals surface area contributed by atoms with Crippen molar-refractivity contribution in [1.82, 2.24) is 0 Å². The molecule has 3 unspecified atom stereocenters. The summed E-state index contributed by atoms with van der Waals surface area (Å²) in [4.78, 5) is 0. The molecule has 1 N–H and O–H groups in total. The molecule has 1 fully saturated rings. The van der Waals surface area contributed by atoms with Crippen LogP contribution in [-0.2, 0) is 0 Å². The topological polar surface area (TPSA) is 20.2 Å². The van der Waals surface area contributed by atoms with Crippen LogP contribution in [0.3, 0.4) is 0 Å². The molecule has 1 rings (SSSR count). The zero-order chi connectivity index (χ0) is 8.59. The van der Waals surface area contributed by atoms with Crippen molar-refractivity contribution < 1.29 is 5.11 Å². The van der Waals surface area contributed by atoms with Crippen LogP contribution in [0.4, 0.5) is 0 Å². The SMILES string of the molecule is CC(C)CC1C(O)C1C(C)C. The maximum atomic E-state index is 9.51. The average molecular weight is 156 g/mol. The van der Waals surface area contributed by atoms with E-state index >= 15 is 0 Å². The van der Waals surface area contributed by atoms with Crippen LogP contribution in [-0.4, -0.2) is 11.2 Å². The first-order valence-electron chi connectivity index (χ1n) is 4.72. The predicted molar refractivity (Wildman–Crippen MR) is 47.3 cm³/mol. The fourth-order valence-corrected chi connectivity index (χ4v) is 2.11. The fourth-order valence-electron chi connectivity index (χ4n) is 2.11. The Morgan fingerprint density at radius 1 is 1.18 bits per heavy atom. The minimum absolute atomic E-state index is 0.0115. The standard InChI is InChI=1S/C10H20O/c1-6(2)5-8-9(7(3)4)10(8)11/h6-11H,5H2,1-4H3. The van der Waals surface area contributed by atoms with Crippen molar-refractivity contribution in [2.24, 2.45) is 23.7 Å². The summed E-state index contributed by atoms with van der Waals surface area (Å²) in [5.41, 5.74) is 0. The van der Waals surface area contributed by atoms with Gasteiger partial charge in [-0.1, -0.05) is 27.7 Å². The van der Waals surface area contributed by atoms with E-state index in [2.05, 4.69) is 27.7 Å². The van der Waals surface area contributed by atoms with Gasteiger partial charge in [-0.15, -0.1) is 0 Å². The first-order valence-corrected chi connectivity index (χ1v) is 4.72. The van der Waals surface area contributed by atoms with Crippen LogP contribution >= 0.6 is 0 Å². The average Bonchev–Trinajstić information content (AvgIpc) is 2.40. The van der Waals surface area contributed by atoms with Gasteiger partial charge >= 0.3 is 0 Å². The molecule has 0 aromatic carbocycles. The van der Waals surface area contributed by atoms with Gasteiger partial charge in [0.15, 0.2) is 0 Å². The molecule has 1 aliphatic rings. The first-order chi connectivity index (χ1) is 5.04. The highest BCUT2D eigenvalue weighted by Crippen LogP contribution is 2.47. The zero-order valence-electron chi connectivity index (χ0n) is 8.04. The van der Waals surface area contributed by atoms with E-state index in [1.165, 1.54) is 6.42 Å². The highest BCUT2D eigenvalue weighted by molar-refractivity contribution is 4.98. The molecule has 0 heterocycles.